The van der Waals surface area contributed by atoms with Crippen LogP contribution in [0.4, 0.5) is 10.8 Å². The third-order valence-electron chi connectivity index (χ3n) is 5.17. The maximum absolute atomic E-state index is 11.7. The fourth-order valence-corrected chi connectivity index (χ4v) is 4.76. The highest BCUT2D eigenvalue weighted by atomic mass is 32.2. The van der Waals surface area contributed by atoms with E-state index in [1.807, 2.05) is 19.1 Å². The van der Waals surface area contributed by atoms with Gasteiger partial charge in [0.2, 0.25) is 5.13 Å². The highest BCUT2D eigenvalue weighted by molar-refractivity contribution is 7.90. The number of benzene rings is 2. The van der Waals surface area contributed by atoms with E-state index in [-0.39, 0.29) is 4.90 Å². The van der Waals surface area contributed by atoms with Gasteiger partial charge in [0, 0.05) is 36.7 Å². The van der Waals surface area contributed by atoms with Crippen LogP contribution < -0.4 is 10.1 Å². The van der Waals surface area contributed by atoms with E-state index in [2.05, 4.69) is 20.7 Å². The Bertz CT molecular complexity index is 1140. The summed E-state index contributed by atoms with van der Waals surface area (Å²) < 4.78 is 39.3. The Balaban J connectivity index is 1.58. The van der Waals surface area contributed by atoms with Crippen molar-refractivity contribution < 1.29 is 17.9 Å². The third kappa shape index (κ3) is 5.81. The summed E-state index contributed by atoms with van der Waals surface area (Å²) in [6.45, 7) is 3.44. The number of hydrogen-bond acceptors (Lipinski definition) is 8. The lowest BCUT2D eigenvalue weighted by molar-refractivity contribution is 0.0664. The summed E-state index contributed by atoms with van der Waals surface area (Å²) in [5.74, 6) is 2.63. The molecule has 9 heteroatoms. The van der Waals surface area contributed by atoms with Gasteiger partial charge in [0.1, 0.15) is 17.3 Å². The zero-order valence-electron chi connectivity index (χ0n) is 17.5. The Morgan fingerprint density at radius 1 is 1.16 bits per heavy atom. The summed E-state index contributed by atoms with van der Waals surface area (Å²) in [5, 5.41) is 4.07. The van der Waals surface area contributed by atoms with E-state index in [4.69, 9.17) is 9.47 Å². The van der Waals surface area contributed by atoms with Crippen molar-refractivity contribution in [3.8, 4) is 11.5 Å². The molecule has 3 aromatic rings. The van der Waals surface area contributed by atoms with Crippen molar-refractivity contribution in [1.82, 2.24) is 9.36 Å². The van der Waals surface area contributed by atoms with E-state index in [9.17, 15) is 8.42 Å². The predicted octanol–water partition coefficient (Wildman–Crippen LogP) is 4.76. The topological polar surface area (TPSA) is 90.4 Å². The van der Waals surface area contributed by atoms with Crippen LogP contribution in [0.3, 0.4) is 0 Å². The molecule has 164 valence electrons. The highest BCUT2D eigenvalue weighted by Gasteiger charge is 2.18. The number of sulfone groups is 1. The summed E-state index contributed by atoms with van der Waals surface area (Å²) in [6, 6.07) is 12.5. The van der Waals surface area contributed by atoms with Gasteiger partial charge in [-0.25, -0.2) is 13.4 Å². The second-order valence-electron chi connectivity index (χ2n) is 7.70. The van der Waals surface area contributed by atoms with Gasteiger partial charge < -0.3 is 14.8 Å². The zero-order valence-corrected chi connectivity index (χ0v) is 19.1. The molecule has 1 N–H and O–H groups in total. The molecule has 0 bridgehead atoms. The van der Waals surface area contributed by atoms with Gasteiger partial charge >= 0.3 is 0 Å². The van der Waals surface area contributed by atoms with Crippen LogP contribution in [0.25, 0.3) is 0 Å². The average molecular weight is 460 g/mol. The van der Waals surface area contributed by atoms with Crippen molar-refractivity contribution in [2.45, 2.75) is 31.1 Å². The Morgan fingerprint density at radius 3 is 2.55 bits per heavy atom. The molecule has 0 radical (unpaired) electrons. The first kappa shape index (κ1) is 21.7. The van der Waals surface area contributed by atoms with E-state index in [1.54, 1.807) is 24.3 Å². The van der Waals surface area contributed by atoms with E-state index in [0.29, 0.717) is 11.7 Å². The molecule has 1 saturated heterocycles. The minimum Gasteiger partial charge on any atom is -0.457 e. The lowest BCUT2D eigenvalue weighted by atomic mass is 9.92. The van der Waals surface area contributed by atoms with Gasteiger partial charge in [-0.3, -0.25) is 0 Å². The zero-order chi connectivity index (χ0) is 21.8. The van der Waals surface area contributed by atoms with Crippen LogP contribution in [0, 0.1) is 12.8 Å². The lowest BCUT2D eigenvalue weighted by Gasteiger charge is -2.23. The van der Waals surface area contributed by atoms with Crippen molar-refractivity contribution in [3.63, 3.8) is 0 Å². The van der Waals surface area contributed by atoms with Crippen LogP contribution >= 0.6 is 11.5 Å². The fourth-order valence-electron chi connectivity index (χ4n) is 3.53. The molecule has 0 amide bonds. The van der Waals surface area contributed by atoms with Crippen molar-refractivity contribution in [2.75, 3.05) is 24.8 Å². The molecule has 31 heavy (non-hydrogen) atoms. The Labute approximate surface area is 186 Å². The third-order valence-corrected chi connectivity index (χ3v) is 7.02. The Kier molecular flexibility index (Phi) is 6.54. The van der Waals surface area contributed by atoms with Crippen molar-refractivity contribution in [3.05, 3.63) is 53.9 Å². The van der Waals surface area contributed by atoms with Crippen LogP contribution in [0.1, 0.15) is 24.2 Å². The van der Waals surface area contributed by atoms with E-state index >= 15 is 0 Å². The summed E-state index contributed by atoms with van der Waals surface area (Å²) in [5.41, 5.74) is 2.02. The molecule has 0 saturated carbocycles. The van der Waals surface area contributed by atoms with Crippen LogP contribution in [0.5, 0.6) is 11.5 Å². The second kappa shape index (κ2) is 9.33. The molecule has 1 aliphatic heterocycles. The molecule has 1 aliphatic rings. The van der Waals surface area contributed by atoms with Gasteiger partial charge in [-0.05, 0) is 80.1 Å². The van der Waals surface area contributed by atoms with E-state index in [0.717, 1.165) is 60.4 Å². The number of anilines is 2. The number of hydrogen-bond donors (Lipinski definition) is 1. The Hall–Kier alpha value is -2.49. The molecule has 0 aliphatic carbocycles. The number of aryl methyl sites for hydroxylation is 1. The van der Waals surface area contributed by atoms with Gasteiger partial charge in [0.25, 0.3) is 0 Å². The first-order chi connectivity index (χ1) is 14.9. The van der Waals surface area contributed by atoms with Gasteiger partial charge in [-0.15, -0.1) is 0 Å². The van der Waals surface area contributed by atoms with Gasteiger partial charge in [-0.1, -0.05) is 0 Å². The van der Waals surface area contributed by atoms with Crippen molar-refractivity contribution in [1.29, 1.82) is 0 Å². The maximum atomic E-state index is 11.7. The molecular weight excluding hydrogens is 434 g/mol. The van der Waals surface area contributed by atoms with Crippen LogP contribution in [0.15, 0.2) is 47.4 Å². The van der Waals surface area contributed by atoms with Gasteiger partial charge in [0.05, 0.1) is 4.90 Å². The molecule has 1 aromatic heterocycles. The molecule has 0 spiro atoms. The normalized spacial score (nSPS) is 15.0. The molecule has 1 fully saturated rings. The largest absolute Gasteiger partial charge is 0.457 e. The first-order valence-electron chi connectivity index (χ1n) is 10.1. The summed E-state index contributed by atoms with van der Waals surface area (Å²) in [7, 11) is -3.24. The van der Waals surface area contributed by atoms with Crippen LogP contribution in [-0.4, -0.2) is 37.2 Å². The molecule has 4 rings (SSSR count). The summed E-state index contributed by atoms with van der Waals surface area (Å²) in [6.07, 6.45) is 4.12. The van der Waals surface area contributed by atoms with Crippen LogP contribution in [-0.2, 0) is 21.0 Å². The highest BCUT2D eigenvalue weighted by Crippen LogP contribution is 2.33. The van der Waals surface area contributed by atoms with Gasteiger partial charge in [-0.2, -0.15) is 4.37 Å². The molecule has 2 aromatic carbocycles. The van der Waals surface area contributed by atoms with Crippen LogP contribution in [0.2, 0.25) is 0 Å². The lowest BCUT2D eigenvalue weighted by Crippen LogP contribution is -2.17. The van der Waals surface area contributed by atoms with E-state index < -0.39 is 9.84 Å². The van der Waals surface area contributed by atoms with Crippen molar-refractivity contribution >= 4 is 32.2 Å². The minimum absolute atomic E-state index is 0.272. The minimum atomic E-state index is -3.24. The standard InChI is InChI=1S/C22H25N3O4S2/c1-15-23-22(30-25-15)24-18-3-8-21(17(14-18)13-16-9-11-28-12-10-16)29-19-4-6-20(7-5-19)31(2,26)27/h3-8,14,16H,9-13H2,1-2H3,(H,23,24,25). The molecular formula is C22H25N3O4S2. The molecule has 7 nitrogen and oxygen atoms in total. The monoisotopic (exact) mass is 459 g/mol. The first-order valence-corrected chi connectivity index (χ1v) is 12.8. The second-order valence-corrected chi connectivity index (χ2v) is 10.5. The number of rotatable bonds is 7. The number of ether oxygens (including phenoxy) is 2. The molecule has 2 heterocycles. The predicted molar refractivity (Wildman–Crippen MR) is 121 cm³/mol. The smallest absolute Gasteiger partial charge is 0.207 e. The summed E-state index contributed by atoms with van der Waals surface area (Å²) in [4.78, 5) is 4.64. The quantitative estimate of drug-likeness (QED) is 0.545. The maximum Gasteiger partial charge on any atom is 0.207 e. The fraction of sp³-hybridized carbons (Fsp3) is 0.364. The summed E-state index contributed by atoms with van der Waals surface area (Å²) >= 11 is 1.33. The van der Waals surface area contributed by atoms with Crippen molar-refractivity contribution in [2.24, 2.45) is 5.92 Å². The number of aromatic nitrogens is 2. The molecule has 0 unspecified atom stereocenters. The van der Waals surface area contributed by atoms with E-state index in [1.165, 1.54) is 17.8 Å². The number of nitrogens with one attached hydrogen (secondary N) is 1. The molecule has 0 atom stereocenters. The Morgan fingerprint density at radius 2 is 1.90 bits per heavy atom. The van der Waals surface area contributed by atoms with Gasteiger partial charge in [0.15, 0.2) is 9.84 Å². The number of nitrogens with zero attached hydrogens (tertiary/aromatic N) is 2. The average Bonchev–Trinajstić information content (AvgIpc) is 3.15. The SMILES string of the molecule is Cc1nsc(Nc2ccc(Oc3ccc(S(C)(=O)=O)cc3)c(CC3CCOCC3)c2)n1.